The van der Waals surface area contributed by atoms with Crippen LogP contribution in [0.15, 0.2) is 29.8 Å². The van der Waals surface area contributed by atoms with Crippen LogP contribution < -0.4 is 0 Å². The Hall–Kier alpha value is -2.52. The molecule has 1 N–H and O–H groups in total. The van der Waals surface area contributed by atoms with E-state index >= 15 is 0 Å². The van der Waals surface area contributed by atoms with Gasteiger partial charge in [-0.1, -0.05) is 12.1 Å². The van der Waals surface area contributed by atoms with E-state index in [1.165, 1.54) is 17.6 Å². The summed E-state index contributed by atoms with van der Waals surface area (Å²) >= 11 is 1.10. The standard InChI is InChI=1S/C13H6FN3OS/c14-10-3-1-2-8-9(5-16-11(8)10)12(18)13-17-7(4-15)6-19-13/h1-3,5-6,16H. The maximum absolute atomic E-state index is 13.5. The fourth-order valence-corrected chi connectivity index (χ4v) is 2.55. The summed E-state index contributed by atoms with van der Waals surface area (Å²) in [6, 6.07) is 6.41. The number of H-pyrrole nitrogens is 1. The maximum atomic E-state index is 13.5. The predicted molar refractivity (Wildman–Crippen MR) is 68.5 cm³/mol. The third-order valence-electron chi connectivity index (χ3n) is 2.72. The number of rotatable bonds is 2. The van der Waals surface area contributed by atoms with E-state index < -0.39 is 5.82 Å². The molecule has 0 amide bonds. The number of carbonyl (C=O) groups excluding carboxylic acids is 1. The van der Waals surface area contributed by atoms with E-state index in [-0.39, 0.29) is 16.5 Å². The van der Waals surface area contributed by atoms with Crippen LogP contribution in [-0.2, 0) is 0 Å². The minimum atomic E-state index is -0.409. The molecule has 0 spiro atoms. The van der Waals surface area contributed by atoms with E-state index in [0.29, 0.717) is 16.5 Å². The summed E-state index contributed by atoms with van der Waals surface area (Å²) in [7, 11) is 0. The van der Waals surface area contributed by atoms with Gasteiger partial charge in [-0.3, -0.25) is 4.79 Å². The van der Waals surface area contributed by atoms with Gasteiger partial charge in [0, 0.05) is 17.0 Å². The van der Waals surface area contributed by atoms with Crippen molar-refractivity contribution in [3.05, 3.63) is 51.9 Å². The molecule has 0 unspecified atom stereocenters. The molecule has 6 heteroatoms. The van der Waals surface area contributed by atoms with Crippen molar-refractivity contribution < 1.29 is 9.18 Å². The molecule has 3 rings (SSSR count). The van der Waals surface area contributed by atoms with Gasteiger partial charge >= 0.3 is 0 Å². The number of halogens is 1. The molecule has 3 aromatic rings. The normalized spacial score (nSPS) is 10.5. The van der Waals surface area contributed by atoms with Crippen LogP contribution in [0.3, 0.4) is 0 Å². The molecule has 19 heavy (non-hydrogen) atoms. The lowest BCUT2D eigenvalue weighted by Crippen LogP contribution is -1.99. The van der Waals surface area contributed by atoms with Gasteiger partial charge in [-0.05, 0) is 6.07 Å². The zero-order chi connectivity index (χ0) is 13.4. The number of aromatic nitrogens is 2. The lowest BCUT2D eigenvalue weighted by atomic mass is 10.1. The van der Waals surface area contributed by atoms with Crippen molar-refractivity contribution in [2.45, 2.75) is 0 Å². The molecule has 0 radical (unpaired) electrons. The highest BCUT2D eigenvalue weighted by Gasteiger charge is 2.18. The highest BCUT2D eigenvalue weighted by atomic mass is 32.1. The van der Waals surface area contributed by atoms with Gasteiger partial charge in [0.15, 0.2) is 10.7 Å². The summed E-state index contributed by atoms with van der Waals surface area (Å²) in [6.45, 7) is 0. The van der Waals surface area contributed by atoms with Crippen LogP contribution in [0.4, 0.5) is 4.39 Å². The number of fused-ring (bicyclic) bond motifs is 1. The summed E-state index contributed by atoms with van der Waals surface area (Å²) in [5.41, 5.74) is 0.857. The summed E-state index contributed by atoms with van der Waals surface area (Å²) in [5, 5.41) is 11.0. The quantitative estimate of drug-likeness (QED) is 0.728. The summed E-state index contributed by atoms with van der Waals surface area (Å²) < 4.78 is 13.5. The number of nitrogens with one attached hydrogen (secondary N) is 1. The minimum Gasteiger partial charge on any atom is -0.358 e. The number of hydrogen-bond donors (Lipinski definition) is 1. The van der Waals surface area contributed by atoms with Gasteiger partial charge in [0.1, 0.15) is 11.9 Å². The van der Waals surface area contributed by atoms with E-state index in [4.69, 9.17) is 5.26 Å². The molecule has 0 fully saturated rings. The second-order valence-corrected chi connectivity index (χ2v) is 4.70. The first kappa shape index (κ1) is 11.6. The topological polar surface area (TPSA) is 69.5 Å². The Kier molecular flexibility index (Phi) is 2.62. The average Bonchev–Trinajstić information content (AvgIpc) is 3.05. The van der Waals surface area contributed by atoms with Crippen LogP contribution >= 0.6 is 11.3 Å². The number of nitrogens with zero attached hydrogens (tertiary/aromatic N) is 2. The van der Waals surface area contributed by atoms with Gasteiger partial charge in [-0.2, -0.15) is 5.26 Å². The number of aromatic amines is 1. The molecule has 92 valence electrons. The summed E-state index contributed by atoms with van der Waals surface area (Å²) in [6.07, 6.45) is 1.46. The molecule has 0 aliphatic carbocycles. The number of nitriles is 1. The van der Waals surface area contributed by atoms with E-state index in [1.807, 2.05) is 6.07 Å². The number of hydrogen-bond acceptors (Lipinski definition) is 4. The Morgan fingerprint density at radius 3 is 3.05 bits per heavy atom. The fraction of sp³-hybridized carbons (Fsp3) is 0. The summed E-state index contributed by atoms with van der Waals surface area (Å²) in [4.78, 5) is 18.9. The van der Waals surface area contributed by atoms with Crippen LogP contribution in [0.5, 0.6) is 0 Å². The van der Waals surface area contributed by atoms with Crippen molar-refractivity contribution >= 4 is 28.0 Å². The van der Waals surface area contributed by atoms with Crippen LogP contribution in [0.1, 0.15) is 21.1 Å². The molecule has 0 bridgehead atoms. The Morgan fingerprint density at radius 1 is 1.47 bits per heavy atom. The van der Waals surface area contributed by atoms with Gasteiger partial charge in [-0.25, -0.2) is 9.37 Å². The third kappa shape index (κ3) is 1.80. The first-order chi connectivity index (χ1) is 9.20. The molecule has 2 heterocycles. The van der Waals surface area contributed by atoms with E-state index in [2.05, 4.69) is 9.97 Å². The minimum absolute atomic E-state index is 0.208. The highest BCUT2D eigenvalue weighted by Crippen LogP contribution is 2.24. The zero-order valence-electron chi connectivity index (χ0n) is 9.48. The lowest BCUT2D eigenvalue weighted by molar-refractivity contribution is 0.104. The second-order valence-electron chi connectivity index (χ2n) is 3.84. The van der Waals surface area contributed by atoms with Crippen LogP contribution in [-0.4, -0.2) is 15.8 Å². The van der Waals surface area contributed by atoms with Crippen LogP contribution in [0.2, 0.25) is 0 Å². The number of carbonyl (C=O) groups is 1. The number of ketones is 1. The molecule has 1 aromatic carbocycles. The van der Waals surface area contributed by atoms with E-state index in [9.17, 15) is 9.18 Å². The number of para-hydroxylation sites is 1. The van der Waals surface area contributed by atoms with E-state index in [0.717, 1.165) is 11.3 Å². The van der Waals surface area contributed by atoms with Crippen molar-refractivity contribution in [2.75, 3.05) is 0 Å². The summed E-state index contributed by atoms with van der Waals surface area (Å²) in [5.74, 6) is -0.725. The van der Waals surface area contributed by atoms with Crippen molar-refractivity contribution in [1.82, 2.24) is 9.97 Å². The number of thiazole rings is 1. The first-order valence-corrected chi connectivity index (χ1v) is 6.24. The smallest absolute Gasteiger partial charge is 0.223 e. The predicted octanol–water partition coefficient (Wildman–Crippen LogP) is 2.87. The van der Waals surface area contributed by atoms with Gasteiger partial charge < -0.3 is 4.98 Å². The van der Waals surface area contributed by atoms with E-state index in [1.54, 1.807) is 12.1 Å². The fourth-order valence-electron chi connectivity index (χ4n) is 1.85. The first-order valence-electron chi connectivity index (χ1n) is 5.36. The zero-order valence-corrected chi connectivity index (χ0v) is 10.3. The van der Waals surface area contributed by atoms with Crippen molar-refractivity contribution in [2.24, 2.45) is 0 Å². The van der Waals surface area contributed by atoms with Gasteiger partial charge in [0.2, 0.25) is 5.78 Å². The Bertz CT molecular complexity index is 828. The molecular formula is C13H6FN3OS. The number of benzene rings is 1. The largest absolute Gasteiger partial charge is 0.358 e. The molecule has 2 aromatic heterocycles. The monoisotopic (exact) mass is 271 g/mol. The Morgan fingerprint density at radius 2 is 2.32 bits per heavy atom. The van der Waals surface area contributed by atoms with Crippen molar-refractivity contribution in [3.63, 3.8) is 0 Å². The average molecular weight is 271 g/mol. The van der Waals surface area contributed by atoms with Crippen molar-refractivity contribution in [3.8, 4) is 6.07 Å². The van der Waals surface area contributed by atoms with Gasteiger partial charge in [-0.15, -0.1) is 11.3 Å². The molecule has 0 aliphatic heterocycles. The van der Waals surface area contributed by atoms with Crippen LogP contribution in [0.25, 0.3) is 10.9 Å². The SMILES string of the molecule is N#Cc1csc(C(=O)c2c[nH]c3c(F)cccc23)n1. The molecule has 0 aliphatic rings. The molecular weight excluding hydrogens is 265 g/mol. The Balaban J connectivity index is 2.12. The Labute approximate surface area is 111 Å². The second kappa shape index (κ2) is 4.30. The van der Waals surface area contributed by atoms with Crippen molar-refractivity contribution in [1.29, 1.82) is 5.26 Å². The maximum Gasteiger partial charge on any atom is 0.223 e. The van der Waals surface area contributed by atoms with Gasteiger partial charge in [0.25, 0.3) is 0 Å². The molecule has 0 saturated heterocycles. The highest BCUT2D eigenvalue weighted by molar-refractivity contribution is 7.12. The van der Waals surface area contributed by atoms with Crippen LogP contribution in [0, 0.1) is 17.1 Å². The molecule has 0 atom stereocenters. The van der Waals surface area contributed by atoms with Gasteiger partial charge in [0.05, 0.1) is 11.1 Å². The molecule has 4 nitrogen and oxygen atoms in total. The third-order valence-corrected chi connectivity index (χ3v) is 3.56. The molecule has 0 saturated carbocycles. The lowest BCUT2D eigenvalue weighted by Gasteiger charge is -1.95.